The Hall–Kier alpha value is -7.26. The number of benzene rings is 4. The molecule has 4 aliphatic rings. The number of aryl methyl sites for hydroxylation is 4. The fourth-order valence-electron chi connectivity index (χ4n) is 10.2. The number of piperidine rings is 1. The highest BCUT2D eigenvalue weighted by Crippen LogP contribution is 2.36. The van der Waals surface area contributed by atoms with Gasteiger partial charge in [-0.2, -0.15) is 10.5 Å². The van der Waals surface area contributed by atoms with Crippen molar-refractivity contribution in [2.75, 3.05) is 39.3 Å². The van der Waals surface area contributed by atoms with Crippen LogP contribution in [0.25, 0.3) is 22.5 Å². The number of ether oxygens (including phenoxy) is 1. The molecule has 3 aliphatic heterocycles. The number of aromatic amines is 2. The van der Waals surface area contributed by atoms with Gasteiger partial charge in [0.2, 0.25) is 0 Å². The Bertz CT molecular complexity index is 3050. The van der Waals surface area contributed by atoms with Gasteiger partial charge in [0.05, 0.1) is 40.2 Å². The number of likely N-dealkylation sites (tertiary alicyclic amines) is 2. The molecule has 2 amide bonds. The van der Waals surface area contributed by atoms with E-state index in [1.165, 1.54) is 43.2 Å². The smallest absolute Gasteiger partial charge is 0.410 e. The summed E-state index contributed by atoms with van der Waals surface area (Å²) in [4.78, 5) is 57.2. The molecule has 15 heteroatoms. The molecular weight excluding hydrogens is 962 g/mol. The number of H-pyrrole nitrogens is 2. The summed E-state index contributed by atoms with van der Waals surface area (Å²) in [5.41, 5.74) is 12.1. The van der Waals surface area contributed by atoms with E-state index in [0.717, 1.165) is 93.7 Å². The fourth-order valence-corrected chi connectivity index (χ4v) is 10.2. The van der Waals surface area contributed by atoms with Gasteiger partial charge >= 0.3 is 12.1 Å². The zero-order valence-corrected chi connectivity index (χ0v) is 45.1. The third-order valence-electron chi connectivity index (χ3n) is 14.8. The van der Waals surface area contributed by atoms with Crippen LogP contribution < -0.4 is 5.32 Å². The first kappa shape index (κ1) is 55.5. The van der Waals surface area contributed by atoms with Crippen molar-refractivity contribution in [2.45, 2.75) is 123 Å². The highest BCUT2D eigenvalue weighted by Gasteiger charge is 2.33. The summed E-state index contributed by atoms with van der Waals surface area (Å²) in [7, 11) is 0. The van der Waals surface area contributed by atoms with Crippen LogP contribution in [-0.4, -0.2) is 97.7 Å². The first-order valence-electron chi connectivity index (χ1n) is 26.0. The molecule has 3 saturated heterocycles. The second kappa shape index (κ2) is 24.4. The summed E-state index contributed by atoms with van der Waals surface area (Å²) < 4.78 is 5.46. The number of hydrogen-bond donors (Lipinski definition) is 4. The van der Waals surface area contributed by atoms with Gasteiger partial charge in [-0.3, -0.25) is 4.79 Å². The molecule has 4 N–H and O–H groups in total. The van der Waals surface area contributed by atoms with Gasteiger partial charge in [0.25, 0.3) is 5.91 Å². The van der Waals surface area contributed by atoms with E-state index in [-0.39, 0.29) is 35.9 Å². The molecule has 0 radical (unpaired) electrons. The number of carboxylic acids is 1. The summed E-state index contributed by atoms with van der Waals surface area (Å²) in [6.07, 6.45) is 7.64. The van der Waals surface area contributed by atoms with Gasteiger partial charge in [0.1, 0.15) is 17.2 Å². The van der Waals surface area contributed by atoms with E-state index in [4.69, 9.17) is 25.2 Å². The van der Waals surface area contributed by atoms with Crippen LogP contribution >= 0.6 is 12.4 Å². The molecule has 10 rings (SSSR count). The number of carbonyl (C=O) groups excluding carboxylic acids is 2. The van der Waals surface area contributed by atoms with Crippen LogP contribution in [0.1, 0.15) is 167 Å². The van der Waals surface area contributed by atoms with Gasteiger partial charge in [-0.05, 0) is 145 Å². The van der Waals surface area contributed by atoms with Gasteiger partial charge in [-0.15, -0.1) is 12.4 Å². The number of aromatic carboxylic acids is 1. The van der Waals surface area contributed by atoms with Crippen molar-refractivity contribution in [3.8, 4) is 34.7 Å². The molecule has 75 heavy (non-hydrogen) atoms. The zero-order chi connectivity index (χ0) is 52.7. The number of nitrogens with zero attached hydrogens (tertiary/aromatic N) is 6. The van der Waals surface area contributed by atoms with Crippen molar-refractivity contribution in [2.24, 2.45) is 0 Å². The number of nitriles is 2. The molecule has 0 bridgehead atoms. The number of amides is 2. The largest absolute Gasteiger partial charge is 0.478 e. The molecule has 1 saturated carbocycles. The molecule has 392 valence electrons. The number of carbonyl (C=O) groups is 3. The predicted octanol–water partition coefficient (Wildman–Crippen LogP) is 12.0. The number of rotatable bonds is 8. The fraction of sp³-hybridized carbons (Fsp3) is 0.417. The van der Waals surface area contributed by atoms with E-state index in [9.17, 15) is 19.5 Å². The van der Waals surface area contributed by atoms with Crippen LogP contribution in [0.3, 0.4) is 0 Å². The van der Waals surface area contributed by atoms with Gasteiger partial charge in [0, 0.05) is 91.0 Å². The summed E-state index contributed by atoms with van der Waals surface area (Å²) >= 11 is 0. The number of hydrogen-bond acceptors (Lipinski definition) is 9. The van der Waals surface area contributed by atoms with Gasteiger partial charge < -0.3 is 34.9 Å². The highest BCUT2D eigenvalue weighted by molar-refractivity contribution is 5.96. The molecule has 6 aromatic rings. The number of aromatic nitrogens is 4. The molecule has 0 unspecified atom stereocenters. The Labute approximate surface area is 447 Å². The molecular formula is C60H70ClN9O5. The molecule has 1 aliphatic carbocycles. The Morgan fingerprint density at radius 2 is 1.09 bits per heavy atom. The van der Waals surface area contributed by atoms with Gasteiger partial charge in [-0.25, -0.2) is 19.6 Å². The SMILES string of the molecule is Cc1ccc(C(=O)N2CC(c3ccc(C#N)cc3)C2)cc1-c1nc(C2CCCCC2)[nH]c1C.Cc1ccc(C(=O)O)cc1-c1nc(C2CCN(C(=O)OC(C)(C)C)CC2)[nH]c1C.Cl.N#Cc1ccc(C2CNC2)cc1. The number of halogens is 1. The lowest BCUT2D eigenvalue weighted by Crippen LogP contribution is -2.48. The second-order valence-corrected chi connectivity index (χ2v) is 21.4. The monoisotopic (exact) mass is 1030 g/mol. The topological polar surface area (TPSA) is 204 Å². The van der Waals surface area contributed by atoms with Crippen molar-refractivity contribution in [1.82, 2.24) is 35.1 Å². The standard InChI is InChI=1S/C28H30N4O.C22H29N3O4.C10H10N2.ClH/c1-18-8-11-23(28(33)32-16-24(17-32)21-12-9-20(15-29)10-13-21)14-25(18)26-19(2)30-27(31-26)22-6-4-3-5-7-22;1-13-6-7-16(20(26)27)12-17(13)18-14(2)23-19(24-18)15-8-10-25(11-9-15)21(28)29-22(3,4)5;11-5-8-1-3-9(4-2-8)10-6-12-7-10;/h8-14,22,24H,3-7,16-17H2,1-2H3,(H,30,31);6-7,12,15H,8-11H2,1-5H3,(H,23,24)(H,26,27);1-4,10,12H,6-7H2;1H. The summed E-state index contributed by atoms with van der Waals surface area (Å²) in [5.74, 6) is 2.86. The quantitative estimate of drug-likeness (QED) is 0.114. The lowest BCUT2D eigenvalue weighted by atomic mass is 9.89. The third kappa shape index (κ3) is 13.5. The van der Waals surface area contributed by atoms with Crippen molar-refractivity contribution in [1.29, 1.82) is 10.5 Å². The Kier molecular flexibility index (Phi) is 18.0. The number of carboxylic acid groups (broad SMARTS) is 1. The number of nitrogens with one attached hydrogen (secondary N) is 3. The van der Waals surface area contributed by atoms with Crippen molar-refractivity contribution >= 4 is 30.4 Å². The average Bonchev–Trinajstić information content (AvgIpc) is 3.95. The zero-order valence-electron chi connectivity index (χ0n) is 44.3. The van der Waals surface area contributed by atoms with E-state index < -0.39 is 11.6 Å². The second-order valence-electron chi connectivity index (χ2n) is 21.4. The Morgan fingerprint density at radius 1 is 0.627 bits per heavy atom. The molecule has 0 spiro atoms. The van der Waals surface area contributed by atoms with E-state index in [2.05, 4.69) is 41.3 Å². The summed E-state index contributed by atoms with van der Waals surface area (Å²) in [6, 6.07) is 30.9. The molecule has 14 nitrogen and oxygen atoms in total. The van der Waals surface area contributed by atoms with Crippen molar-refractivity contribution in [3.63, 3.8) is 0 Å². The predicted molar refractivity (Wildman–Crippen MR) is 293 cm³/mol. The molecule has 4 aromatic carbocycles. The first-order chi connectivity index (χ1) is 35.5. The van der Waals surface area contributed by atoms with Gasteiger partial charge in [-0.1, -0.05) is 55.7 Å². The van der Waals surface area contributed by atoms with Crippen LogP contribution in [0.5, 0.6) is 0 Å². The molecule has 5 heterocycles. The van der Waals surface area contributed by atoms with Crippen molar-refractivity contribution < 1.29 is 24.2 Å². The molecule has 0 atom stereocenters. The highest BCUT2D eigenvalue weighted by atomic mass is 35.5. The Balaban J connectivity index is 0.000000178. The van der Waals surface area contributed by atoms with E-state index in [1.807, 2.05) is 112 Å². The maximum Gasteiger partial charge on any atom is 0.410 e. The van der Waals surface area contributed by atoms with E-state index in [0.29, 0.717) is 49.5 Å². The molecule has 2 aromatic heterocycles. The Morgan fingerprint density at radius 3 is 1.55 bits per heavy atom. The third-order valence-corrected chi connectivity index (χ3v) is 14.8. The van der Waals surface area contributed by atoms with Crippen LogP contribution in [0.4, 0.5) is 4.79 Å². The first-order valence-corrected chi connectivity index (χ1v) is 26.0. The lowest BCUT2D eigenvalue weighted by molar-refractivity contribution is 0.0202. The minimum atomic E-state index is -0.950. The van der Waals surface area contributed by atoms with Gasteiger partial charge in [0.15, 0.2) is 0 Å². The van der Waals surface area contributed by atoms with Crippen molar-refractivity contribution in [3.05, 3.63) is 152 Å². The summed E-state index contributed by atoms with van der Waals surface area (Å²) in [6.45, 7) is 18.5. The summed E-state index contributed by atoms with van der Waals surface area (Å²) in [5, 5.41) is 30.1. The van der Waals surface area contributed by atoms with E-state index >= 15 is 0 Å². The number of imidazole rings is 2. The minimum Gasteiger partial charge on any atom is -0.478 e. The van der Waals surface area contributed by atoms with Crippen LogP contribution in [0.2, 0.25) is 0 Å². The van der Waals surface area contributed by atoms with E-state index in [1.54, 1.807) is 17.0 Å². The van der Waals surface area contributed by atoms with Crippen LogP contribution in [0, 0.1) is 50.4 Å². The normalized spacial score (nSPS) is 16.1. The van der Waals surface area contributed by atoms with Crippen LogP contribution in [-0.2, 0) is 4.74 Å². The van der Waals surface area contributed by atoms with Crippen LogP contribution in [0.15, 0.2) is 84.9 Å². The maximum atomic E-state index is 13.2. The lowest BCUT2D eigenvalue weighted by Gasteiger charge is -2.39. The average molecular weight is 1030 g/mol. The maximum absolute atomic E-state index is 13.2. The molecule has 4 fully saturated rings. The minimum absolute atomic E-state index is 0.